The van der Waals surface area contributed by atoms with Crippen LogP contribution in [0.5, 0.6) is 0 Å². The van der Waals surface area contributed by atoms with Crippen LogP contribution < -0.4 is 5.73 Å². The molecule has 0 radical (unpaired) electrons. The van der Waals surface area contributed by atoms with Gasteiger partial charge in [-0.15, -0.1) is 0 Å². The summed E-state index contributed by atoms with van der Waals surface area (Å²) in [6.45, 7) is 1.86. The summed E-state index contributed by atoms with van der Waals surface area (Å²) in [6.07, 6.45) is 0. The zero-order chi connectivity index (χ0) is 13.3. The molecule has 2 aromatic rings. The van der Waals surface area contributed by atoms with Gasteiger partial charge in [-0.1, -0.05) is 35.3 Å². The summed E-state index contributed by atoms with van der Waals surface area (Å²) >= 11 is 12.2. The van der Waals surface area contributed by atoms with Crippen LogP contribution in [0.1, 0.15) is 18.5 Å². The number of halogens is 3. The second kappa shape index (κ2) is 5.27. The van der Waals surface area contributed by atoms with Gasteiger partial charge >= 0.3 is 0 Å². The van der Waals surface area contributed by atoms with E-state index in [9.17, 15) is 4.39 Å². The molecule has 4 heteroatoms. The Morgan fingerprint density at radius 1 is 1.06 bits per heavy atom. The smallest absolute Gasteiger partial charge is 0.123 e. The second-order valence-electron chi connectivity index (χ2n) is 4.15. The van der Waals surface area contributed by atoms with Crippen LogP contribution in [0, 0.1) is 5.82 Å². The monoisotopic (exact) mass is 283 g/mol. The summed E-state index contributed by atoms with van der Waals surface area (Å²) in [4.78, 5) is 0. The minimum absolute atomic E-state index is 0.144. The van der Waals surface area contributed by atoms with Crippen LogP contribution in [0.15, 0.2) is 36.4 Å². The van der Waals surface area contributed by atoms with Crippen molar-refractivity contribution in [1.82, 2.24) is 0 Å². The predicted molar refractivity (Wildman–Crippen MR) is 74.5 cm³/mol. The van der Waals surface area contributed by atoms with Gasteiger partial charge in [-0.3, -0.25) is 0 Å². The maximum atomic E-state index is 13.2. The zero-order valence-corrected chi connectivity index (χ0v) is 11.3. The molecule has 0 aliphatic rings. The Hall–Kier alpha value is -1.09. The van der Waals surface area contributed by atoms with E-state index in [1.807, 2.05) is 19.1 Å². The predicted octanol–water partition coefficient (Wildman–Crippen LogP) is 4.82. The van der Waals surface area contributed by atoms with Crippen LogP contribution in [-0.4, -0.2) is 0 Å². The normalized spacial score (nSPS) is 12.5. The van der Waals surface area contributed by atoms with Crippen LogP contribution in [0.3, 0.4) is 0 Å². The molecule has 0 saturated heterocycles. The number of hydrogen-bond donors (Lipinski definition) is 1. The first-order valence-electron chi connectivity index (χ1n) is 5.49. The van der Waals surface area contributed by atoms with Gasteiger partial charge in [0, 0.05) is 21.7 Å². The molecule has 0 bridgehead atoms. The Balaban J connectivity index is 2.52. The highest BCUT2D eigenvalue weighted by Crippen LogP contribution is 2.32. The van der Waals surface area contributed by atoms with Crippen molar-refractivity contribution in [3.63, 3.8) is 0 Å². The maximum absolute atomic E-state index is 13.2. The molecule has 0 aliphatic carbocycles. The lowest BCUT2D eigenvalue weighted by atomic mass is 10.0. The highest BCUT2D eigenvalue weighted by Gasteiger charge is 2.10. The summed E-state index contributed by atoms with van der Waals surface area (Å²) in [5.74, 6) is -0.332. The molecule has 94 valence electrons. The van der Waals surface area contributed by atoms with Crippen molar-refractivity contribution in [2.75, 3.05) is 0 Å². The molecule has 0 aliphatic heterocycles. The van der Waals surface area contributed by atoms with Crippen molar-refractivity contribution < 1.29 is 4.39 Å². The van der Waals surface area contributed by atoms with Gasteiger partial charge in [0.05, 0.1) is 0 Å². The zero-order valence-electron chi connectivity index (χ0n) is 9.75. The van der Waals surface area contributed by atoms with E-state index in [4.69, 9.17) is 28.9 Å². The third kappa shape index (κ3) is 2.66. The van der Waals surface area contributed by atoms with Gasteiger partial charge in [-0.2, -0.15) is 0 Å². The van der Waals surface area contributed by atoms with E-state index < -0.39 is 0 Å². The second-order valence-corrected chi connectivity index (χ2v) is 4.96. The first-order valence-corrected chi connectivity index (χ1v) is 6.25. The van der Waals surface area contributed by atoms with Gasteiger partial charge in [0.1, 0.15) is 5.82 Å². The molecule has 2 rings (SSSR count). The Bertz CT molecular complexity index is 582. The van der Waals surface area contributed by atoms with Crippen LogP contribution in [-0.2, 0) is 0 Å². The van der Waals surface area contributed by atoms with E-state index in [0.717, 1.165) is 11.1 Å². The molecule has 0 amide bonds. The van der Waals surface area contributed by atoms with Crippen molar-refractivity contribution in [3.8, 4) is 11.1 Å². The van der Waals surface area contributed by atoms with Crippen molar-refractivity contribution in [2.45, 2.75) is 13.0 Å². The SMILES string of the molecule is CC(N)c1ccc(-c2cc(F)ccc2Cl)cc1Cl. The van der Waals surface area contributed by atoms with Crippen LogP contribution in [0.25, 0.3) is 11.1 Å². The van der Waals surface area contributed by atoms with Gasteiger partial charge in [0.25, 0.3) is 0 Å². The summed E-state index contributed by atoms with van der Waals surface area (Å²) in [7, 11) is 0. The molecule has 18 heavy (non-hydrogen) atoms. The molecule has 2 N–H and O–H groups in total. The Kier molecular flexibility index (Phi) is 3.91. The molecule has 1 atom stereocenters. The molecular weight excluding hydrogens is 272 g/mol. The molecular formula is C14H12Cl2FN. The molecule has 0 heterocycles. The lowest BCUT2D eigenvalue weighted by molar-refractivity contribution is 0.628. The van der Waals surface area contributed by atoms with Gasteiger partial charge in [0.15, 0.2) is 0 Å². The fraction of sp³-hybridized carbons (Fsp3) is 0.143. The minimum Gasteiger partial charge on any atom is -0.324 e. The summed E-state index contributed by atoms with van der Waals surface area (Å²) in [5, 5.41) is 1.05. The largest absolute Gasteiger partial charge is 0.324 e. The molecule has 0 saturated carbocycles. The summed E-state index contributed by atoms with van der Waals surface area (Å²) in [5.41, 5.74) is 8.03. The van der Waals surface area contributed by atoms with Gasteiger partial charge < -0.3 is 5.73 Å². The maximum Gasteiger partial charge on any atom is 0.123 e. The minimum atomic E-state index is -0.332. The fourth-order valence-corrected chi connectivity index (χ4v) is 2.36. The molecule has 0 aromatic heterocycles. The van der Waals surface area contributed by atoms with Crippen molar-refractivity contribution in [1.29, 1.82) is 0 Å². The first-order chi connectivity index (χ1) is 8.49. The van der Waals surface area contributed by atoms with Gasteiger partial charge in [-0.25, -0.2) is 4.39 Å². The lowest BCUT2D eigenvalue weighted by Gasteiger charge is -2.11. The van der Waals surface area contributed by atoms with E-state index in [2.05, 4.69) is 0 Å². The average Bonchev–Trinajstić information content (AvgIpc) is 2.31. The first kappa shape index (κ1) is 13.3. The third-order valence-electron chi connectivity index (χ3n) is 2.73. The topological polar surface area (TPSA) is 26.0 Å². The van der Waals surface area contributed by atoms with Gasteiger partial charge in [-0.05, 0) is 42.3 Å². The van der Waals surface area contributed by atoms with Crippen molar-refractivity contribution in [3.05, 3.63) is 57.8 Å². The highest BCUT2D eigenvalue weighted by atomic mass is 35.5. The number of hydrogen-bond acceptors (Lipinski definition) is 1. The number of nitrogens with two attached hydrogens (primary N) is 1. The molecule has 2 aromatic carbocycles. The number of rotatable bonds is 2. The van der Waals surface area contributed by atoms with E-state index in [1.54, 1.807) is 6.07 Å². The summed E-state index contributed by atoms with van der Waals surface area (Å²) in [6, 6.07) is 9.52. The van der Waals surface area contributed by atoms with E-state index in [-0.39, 0.29) is 11.9 Å². The van der Waals surface area contributed by atoms with Crippen LogP contribution in [0.2, 0.25) is 10.0 Å². The Morgan fingerprint density at radius 3 is 2.39 bits per heavy atom. The molecule has 0 spiro atoms. The highest BCUT2D eigenvalue weighted by molar-refractivity contribution is 6.34. The third-order valence-corrected chi connectivity index (χ3v) is 3.39. The Labute approximate surface area is 115 Å². The summed E-state index contributed by atoms with van der Waals surface area (Å²) < 4.78 is 13.2. The van der Waals surface area contributed by atoms with E-state index in [0.29, 0.717) is 15.6 Å². The van der Waals surface area contributed by atoms with Crippen LogP contribution in [0.4, 0.5) is 4.39 Å². The quantitative estimate of drug-likeness (QED) is 0.840. The van der Waals surface area contributed by atoms with Crippen LogP contribution >= 0.6 is 23.2 Å². The van der Waals surface area contributed by atoms with Crippen molar-refractivity contribution in [2.24, 2.45) is 5.73 Å². The average molecular weight is 284 g/mol. The lowest BCUT2D eigenvalue weighted by Crippen LogP contribution is -2.05. The van der Waals surface area contributed by atoms with E-state index in [1.165, 1.54) is 18.2 Å². The fourth-order valence-electron chi connectivity index (χ4n) is 1.78. The Morgan fingerprint density at radius 2 is 1.78 bits per heavy atom. The van der Waals surface area contributed by atoms with Crippen molar-refractivity contribution >= 4 is 23.2 Å². The number of benzene rings is 2. The standard InChI is InChI=1S/C14H12Cl2FN/c1-8(18)11-4-2-9(6-14(11)16)12-7-10(17)3-5-13(12)15/h2-8H,18H2,1H3. The van der Waals surface area contributed by atoms with E-state index >= 15 is 0 Å². The van der Waals surface area contributed by atoms with Gasteiger partial charge in [0.2, 0.25) is 0 Å². The molecule has 1 nitrogen and oxygen atoms in total. The molecule has 0 fully saturated rings. The molecule has 1 unspecified atom stereocenters.